The number of nitrogens with one attached hydrogen (secondary N) is 1. The lowest BCUT2D eigenvalue weighted by Crippen LogP contribution is -2.38. The van der Waals surface area contributed by atoms with Gasteiger partial charge in [-0.25, -0.2) is 9.79 Å². The van der Waals surface area contributed by atoms with Gasteiger partial charge in [0.2, 0.25) is 5.91 Å². The van der Waals surface area contributed by atoms with Crippen molar-refractivity contribution in [3.8, 4) is 11.5 Å². The summed E-state index contributed by atoms with van der Waals surface area (Å²) in [5.41, 5.74) is 3.45. The lowest BCUT2D eigenvalue weighted by molar-refractivity contribution is -0.138. The standard InChI is InChI=1S/C29H31N3O5S/c1-6-14-37-28(34)26-19(3)31-29-32(27(26)21-12-13-23(35-4)24(15-21)36-5)22(17-38-29)16-25(33)30-18(2)20-10-8-7-9-11-20/h6-13,15,17-18,27H,1,14,16H2,2-5H3,(H,30,33). The van der Waals surface area contributed by atoms with Crippen molar-refractivity contribution in [2.45, 2.75) is 32.4 Å². The van der Waals surface area contributed by atoms with Crippen molar-refractivity contribution in [3.05, 3.63) is 94.7 Å². The Kier molecular flexibility index (Phi) is 8.58. The molecule has 0 saturated heterocycles. The Hall–Kier alpha value is -3.98. The summed E-state index contributed by atoms with van der Waals surface area (Å²) in [5.74, 6) is 0.460. The number of esters is 1. The predicted molar refractivity (Wildman–Crippen MR) is 149 cm³/mol. The molecule has 0 saturated carbocycles. The molecule has 0 aliphatic carbocycles. The molecule has 2 aromatic carbocycles. The minimum atomic E-state index is -0.583. The first-order valence-electron chi connectivity index (χ1n) is 12.2. The van der Waals surface area contributed by atoms with Crippen LogP contribution in [-0.4, -0.2) is 42.8 Å². The molecular formula is C29H31N3O5S. The summed E-state index contributed by atoms with van der Waals surface area (Å²) in [6.45, 7) is 7.45. The molecule has 1 N–H and O–H groups in total. The Morgan fingerprint density at radius 1 is 1.16 bits per heavy atom. The smallest absolute Gasteiger partial charge is 0.338 e. The van der Waals surface area contributed by atoms with Crippen LogP contribution in [0.4, 0.5) is 0 Å². The molecule has 2 aromatic rings. The van der Waals surface area contributed by atoms with Gasteiger partial charge in [0.1, 0.15) is 6.61 Å². The van der Waals surface area contributed by atoms with Crippen molar-refractivity contribution < 1.29 is 23.8 Å². The van der Waals surface area contributed by atoms with Crippen molar-refractivity contribution in [3.63, 3.8) is 0 Å². The van der Waals surface area contributed by atoms with Crippen LogP contribution in [0.1, 0.15) is 43.5 Å². The highest BCUT2D eigenvalue weighted by atomic mass is 32.2. The van der Waals surface area contributed by atoms with Gasteiger partial charge in [0.15, 0.2) is 16.7 Å². The first-order valence-corrected chi connectivity index (χ1v) is 13.0. The zero-order valence-corrected chi connectivity index (χ0v) is 22.7. The topological polar surface area (TPSA) is 89.5 Å². The van der Waals surface area contributed by atoms with Gasteiger partial charge in [-0.15, -0.1) is 0 Å². The molecular weight excluding hydrogens is 502 g/mol. The second kappa shape index (κ2) is 12.0. The van der Waals surface area contributed by atoms with E-state index in [1.165, 1.54) is 17.8 Å². The minimum absolute atomic E-state index is 0.0715. The van der Waals surface area contributed by atoms with Crippen LogP contribution in [-0.2, 0) is 14.3 Å². The van der Waals surface area contributed by atoms with Gasteiger partial charge in [0.25, 0.3) is 0 Å². The molecule has 2 heterocycles. The van der Waals surface area contributed by atoms with E-state index in [1.54, 1.807) is 27.2 Å². The van der Waals surface area contributed by atoms with E-state index in [9.17, 15) is 9.59 Å². The zero-order chi connectivity index (χ0) is 27.2. The summed E-state index contributed by atoms with van der Waals surface area (Å²) < 4.78 is 16.4. The van der Waals surface area contributed by atoms with E-state index in [1.807, 2.05) is 59.7 Å². The van der Waals surface area contributed by atoms with Crippen LogP contribution < -0.4 is 14.8 Å². The Bertz CT molecular complexity index is 1320. The van der Waals surface area contributed by atoms with Crippen LogP contribution in [0.2, 0.25) is 0 Å². The number of amidine groups is 1. The average molecular weight is 534 g/mol. The highest BCUT2D eigenvalue weighted by Gasteiger charge is 2.41. The van der Waals surface area contributed by atoms with Gasteiger partial charge in [0, 0.05) is 5.70 Å². The SMILES string of the molecule is C=CCOC(=O)C1=C(C)N=C2SC=C(CC(=O)NC(C)c3ccccc3)N2C1c1ccc(OC)c(OC)c1. The van der Waals surface area contributed by atoms with Gasteiger partial charge in [-0.1, -0.05) is 60.8 Å². The molecule has 2 atom stereocenters. The van der Waals surface area contributed by atoms with Crippen LogP contribution in [0, 0.1) is 0 Å². The quantitative estimate of drug-likeness (QED) is 0.329. The molecule has 0 aromatic heterocycles. The molecule has 0 spiro atoms. The third-order valence-electron chi connectivity index (χ3n) is 6.29. The van der Waals surface area contributed by atoms with Crippen LogP contribution >= 0.6 is 11.8 Å². The summed E-state index contributed by atoms with van der Waals surface area (Å²) in [5, 5.41) is 5.66. The number of hydrogen-bond acceptors (Lipinski definition) is 8. The molecule has 2 aliphatic rings. The highest BCUT2D eigenvalue weighted by Crippen LogP contribution is 2.46. The van der Waals surface area contributed by atoms with Crippen LogP contribution in [0.3, 0.4) is 0 Å². The second-order valence-electron chi connectivity index (χ2n) is 8.77. The number of hydrogen-bond donors (Lipinski definition) is 1. The minimum Gasteiger partial charge on any atom is -0.493 e. The third-order valence-corrected chi connectivity index (χ3v) is 7.18. The number of carbonyl (C=O) groups is 2. The van der Waals surface area contributed by atoms with Gasteiger partial charge >= 0.3 is 5.97 Å². The lowest BCUT2D eigenvalue weighted by atomic mass is 9.93. The van der Waals surface area contributed by atoms with Crippen LogP contribution in [0.5, 0.6) is 11.5 Å². The fourth-order valence-corrected chi connectivity index (χ4v) is 5.43. The molecule has 198 valence electrons. The molecule has 8 nitrogen and oxygen atoms in total. The monoisotopic (exact) mass is 533 g/mol. The average Bonchev–Trinajstić information content (AvgIpc) is 3.32. The van der Waals surface area contributed by atoms with Crippen LogP contribution in [0.25, 0.3) is 0 Å². The van der Waals surface area contributed by atoms with E-state index in [4.69, 9.17) is 19.2 Å². The number of aliphatic imine (C=N–C) groups is 1. The first-order chi connectivity index (χ1) is 18.4. The Morgan fingerprint density at radius 2 is 1.89 bits per heavy atom. The highest BCUT2D eigenvalue weighted by molar-refractivity contribution is 8.16. The number of rotatable bonds is 10. The van der Waals surface area contributed by atoms with Gasteiger partial charge in [-0.05, 0) is 42.5 Å². The van der Waals surface area contributed by atoms with Gasteiger partial charge < -0.3 is 24.4 Å². The number of methoxy groups -OCH3 is 2. The van der Waals surface area contributed by atoms with Crippen molar-refractivity contribution in [1.29, 1.82) is 0 Å². The van der Waals surface area contributed by atoms with Gasteiger partial charge in [-0.2, -0.15) is 0 Å². The summed E-state index contributed by atoms with van der Waals surface area (Å²) >= 11 is 1.42. The van der Waals surface area contributed by atoms with Crippen molar-refractivity contribution in [2.24, 2.45) is 4.99 Å². The number of amides is 1. The number of allylic oxidation sites excluding steroid dienone is 1. The molecule has 9 heteroatoms. The Morgan fingerprint density at radius 3 is 2.58 bits per heavy atom. The molecule has 2 aliphatic heterocycles. The molecule has 4 rings (SSSR count). The van der Waals surface area contributed by atoms with Gasteiger partial charge in [0.05, 0.1) is 44.0 Å². The van der Waals surface area contributed by atoms with E-state index in [2.05, 4.69) is 11.9 Å². The second-order valence-corrected chi connectivity index (χ2v) is 9.61. The van der Waals surface area contributed by atoms with Crippen LogP contribution in [0.15, 0.2) is 88.6 Å². The maximum atomic E-state index is 13.3. The molecule has 38 heavy (non-hydrogen) atoms. The number of ether oxygens (including phenoxy) is 3. The summed E-state index contributed by atoms with van der Waals surface area (Å²) in [6, 6.07) is 14.6. The van der Waals surface area contributed by atoms with E-state index in [0.29, 0.717) is 27.9 Å². The van der Waals surface area contributed by atoms with Gasteiger partial charge in [-0.3, -0.25) is 4.79 Å². The lowest BCUT2D eigenvalue weighted by Gasteiger charge is -2.36. The number of benzene rings is 2. The first kappa shape index (κ1) is 27.1. The van der Waals surface area contributed by atoms with Crippen molar-refractivity contribution in [1.82, 2.24) is 10.2 Å². The van der Waals surface area contributed by atoms with E-state index >= 15 is 0 Å². The molecule has 1 amide bonds. The molecule has 0 bridgehead atoms. The van der Waals surface area contributed by atoms with E-state index < -0.39 is 12.0 Å². The molecule has 0 fully saturated rings. The number of fused-ring (bicyclic) bond motifs is 1. The fourth-order valence-electron chi connectivity index (χ4n) is 4.46. The normalized spacial score (nSPS) is 17.2. The van der Waals surface area contributed by atoms with E-state index in [-0.39, 0.29) is 25.0 Å². The predicted octanol–water partition coefficient (Wildman–Crippen LogP) is 5.28. The summed E-state index contributed by atoms with van der Waals surface area (Å²) in [4.78, 5) is 33.0. The van der Waals surface area contributed by atoms with Crippen molar-refractivity contribution in [2.75, 3.05) is 20.8 Å². The third kappa shape index (κ3) is 5.62. The largest absolute Gasteiger partial charge is 0.493 e. The Balaban J connectivity index is 1.67. The number of nitrogens with zero attached hydrogens (tertiary/aromatic N) is 2. The zero-order valence-electron chi connectivity index (χ0n) is 21.9. The Labute approximate surface area is 227 Å². The maximum Gasteiger partial charge on any atom is 0.338 e. The van der Waals surface area contributed by atoms with E-state index in [0.717, 1.165) is 16.8 Å². The van der Waals surface area contributed by atoms with Crippen molar-refractivity contribution >= 4 is 28.8 Å². The summed E-state index contributed by atoms with van der Waals surface area (Å²) in [6.07, 6.45) is 1.63. The summed E-state index contributed by atoms with van der Waals surface area (Å²) in [7, 11) is 3.13. The number of thioether (sulfide) groups is 1. The molecule has 2 unspecified atom stereocenters. The fraction of sp³-hybridized carbons (Fsp3) is 0.276. The number of carbonyl (C=O) groups excluding carboxylic acids is 2. The maximum absolute atomic E-state index is 13.3. The molecule has 0 radical (unpaired) electrons.